The van der Waals surface area contributed by atoms with Gasteiger partial charge in [-0.3, -0.25) is 14.4 Å². The molecule has 2 aromatic rings. The zero-order valence-electron chi connectivity index (χ0n) is 15.9. The van der Waals surface area contributed by atoms with E-state index in [2.05, 4.69) is 10.6 Å². The van der Waals surface area contributed by atoms with E-state index in [0.29, 0.717) is 17.7 Å². The summed E-state index contributed by atoms with van der Waals surface area (Å²) >= 11 is 0. The quantitative estimate of drug-likeness (QED) is 0.617. The number of ether oxygens (including phenoxy) is 1. The maximum absolute atomic E-state index is 12.4. The van der Waals surface area contributed by atoms with Gasteiger partial charge in [0.15, 0.2) is 0 Å². The summed E-state index contributed by atoms with van der Waals surface area (Å²) in [7, 11) is 1.61. The van der Waals surface area contributed by atoms with Crippen LogP contribution in [0.5, 0.6) is 5.75 Å². The van der Waals surface area contributed by atoms with Crippen molar-refractivity contribution in [3.05, 3.63) is 59.7 Å². The van der Waals surface area contributed by atoms with Gasteiger partial charge < -0.3 is 20.5 Å². The SMILES string of the molecule is COc1ccc(CC(C)C(=O)Nc2ccc(C(=O)NCCC(=O)O)cc2)cc1. The zero-order valence-corrected chi connectivity index (χ0v) is 15.9. The van der Waals surface area contributed by atoms with Gasteiger partial charge in [0.2, 0.25) is 5.91 Å². The molecule has 2 rings (SSSR count). The third kappa shape index (κ3) is 6.42. The largest absolute Gasteiger partial charge is 0.497 e. The number of carbonyl (C=O) groups is 3. The Morgan fingerprint density at radius 3 is 2.25 bits per heavy atom. The first kappa shape index (κ1) is 21.0. The molecule has 2 aromatic carbocycles. The van der Waals surface area contributed by atoms with Gasteiger partial charge >= 0.3 is 5.97 Å². The summed E-state index contributed by atoms with van der Waals surface area (Å²) in [6.07, 6.45) is 0.464. The van der Waals surface area contributed by atoms with Crippen molar-refractivity contribution in [2.45, 2.75) is 19.8 Å². The molecule has 2 amide bonds. The summed E-state index contributed by atoms with van der Waals surface area (Å²) in [5.74, 6) is -0.899. The van der Waals surface area contributed by atoms with Crippen LogP contribution in [-0.4, -0.2) is 36.5 Å². The van der Waals surface area contributed by atoms with Gasteiger partial charge in [0.05, 0.1) is 13.5 Å². The van der Waals surface area contributed by atoms with Crippen molar-refractivity contribution < 1.29 is 24.2 Å². The van der Waals surface area contributed by atoms with E-state index in [1.165, 1.54) is 0 Å². The van der Waals surface area contributed by atoms with Gasteiger partial charge in [0.25, 0.3) is 5.91 Å². The van der Waals surface area contributed by atoms with Gasteiger partial charge in [-0.1, -0.05) is 19.1 Å². The van der Waals surface area contributed by atoms with Crippen molar-refractivity contribution >= 4 is 23.5 Å². The number of rotatable bonds is 9. The van der Waals surface area contributed by atoms with Crippen LogP contribution in [0, 0.1) is 5.92 Å². The first-order valence-electron chi connectivity index (χ1n) is 8.93. The minimum absolute atomic E-state index is 0.0650. The molecule has 0 aromatic heterocycles. The normalized spacial score (nSPS) is 11.4. The van der Waals surface area contributed by atoms with Gasteiger partial charge in [-0.05, 0) is 48.4 Å². The smallest absolute Gasteiger partial charge is 0.305 e. The molecule has 0 radical (unpaired) electrons. The molecule has 7 heteroatoms. The first-order chi connectivity index (χ1) is 13.4. The van der Waals surface area contributed by atoms with Crippen molar-refractivity contribution in [1.82, 2.24) is 5.32 Å². The molecule has 1 unspecified atom stereocenters. The van der Waals surface area contributed by atoms with Crippen molar-refractivity contribution in [2.75, 3.05) is 19.0 Å². The number of hydrogen-bond donors (Lipinski definition) is 3. The molecule has 3 N–H and O–H groups in total. The van der Waals surface area contributed by atoms with E-state index in [0.717, 1.165) is 11.3 Å². The number of nitrogens with one attached hydrogen (secondary N) is 2. The lowest BCUT2D eigenvalue weighted by Gasteiger charge is -2.13. The fraction of sp³-hybridized carbons (Fsp3) is 0.286. The molecule has 0 heterocycles. The molecular formula is C21H24N2O5. The predicted octanol–water partition coefficient (Wildman–Crippen LogP) is 2.72. The minimum Gasteiger partial charge on any atom is -0.497 e. The number of carboxylic acid groups (broad SMARTS) is 1. The second kappa shape index (κ2) is 10.1. The Morgan fingerprint density at radius 1 is 1.04 bits per heavy atom. The van der Waals surface area contributed by atoms with Gasteiger partial charge in [0.1, 0.15) is 5.75 Å². The molecule has 1 atom stereocenters. The maximum Gasteiger partial charge on any atom is 0.305 e. The van der Waals surface area contributed by atoms with Crippen LogP contribution in [0.1, 0.15) is 29.3 Å². The Balaban J connectivity index is 1.87. The van der Waals surface area contributed by atoms with Crippen LogP contribution >= 0.6 is 0 Å². The van der Waals surface area contributed by atoms with E-state index >= 15 is 0 Å². The zero-order chi connectivity index (χ0) is 20.5. The highest BCUT2D eigenvalue weighted by Crippen LogP contribution is 2.16. The summed E-state index contributed by atoms with van der Waals surface area (Å²) in [5, 5.41) is 13.9. The highest BCUT2D eigenvalue weighted by atomic mass is 16.5. The van der Waals surface area contributed by atoms with Crippen molar-refractivity contribution in [3.8, 4) is 5.75 Å². The number of anilines is 1. The molecule has 7 nitrogen and oxygen atoms in total. The van der Waals surface area contributed by atoms with Crippen LogP contribution in [-0.2, 0) is 16.0 Å². The van der Waals surface area contributed by atoms with E-state index in [1.54, 1.807) is 31.4 Å². The topological polar surface area (TPSA) is 105 Å². The highest BCUT2D eigenvalue weighted by Gasteiger charge is 2.14. The number of hydrogen-bond acceptors (Lipinski definition) is 4. The molecule has 0 saturated heterocycles. The summed E-state index contributed by atoms with van der Waals surface area (Å²) < 4.78 is 5.13. The molecule has 0 fully saturated rings. The number of carbonyl (C=O) groups excluding carboxylic acids is 2. The van der Waals surface area contributed by atoms with E-state index in [1.807, 2.05) is 31.2 Å². The molecule has 0 aliphatic carbocycles. The van der Waals surface area contributed by atoms with Crippen molar-refractivity contribution in [1.29, 1.82) is 0 Å². The third-order valence-corrected chi connectivity index (χ3v) is 4.19. The lowest BCUT2D eigenvalue weighted by atomic mass is 10.00. The average Bonchev–Trinajstić information content (AvgIpc) is 2.68. The number of amides is 2. The van der Waals surface area contributed by atoms with Gasteiger partial charge in [-0.15, -0.1) is 0 Å². The summed E-state index contributed by atoms with van der Waals surface area (Å²) in [5.41, 5.74) is 2.03. The molecule has 0 saturated carbocycles. The van der Waals surface area contributed by atoms with Crippen LogP contribution in [0.4, 0.5) is 5.69 Å². The fourth-order valence-electron chi connectivity index (χ4n) is 2.56. The van der Waals surface area contributed by atoms with E-state index in [-0.39, 0.29) is 30.7 Å². The van der Waals surface area contributed by atoms with Gasteiger partial charge in [0, 0.05) is 23.7 Å². The van der Waals surface area contributed by atoms with Gasteiger partial charge in [-0.2, -0.15) is 0 Å². The van der Waals surface area contributed by atoms with E-state index in [4.69, 9.17) is 9.84 Å². The molecule has 0 spiro atoms. The lowest BCUT2D eigenvalue weighted by Crippen LogP contribution is -2.26. The predicted molar refractivity (Wildman–Crippen MR) is 106 cm³/mol. The van der Waals surface area contributed by atoms with E-state index < -0.39 is 5.97 Å². The average molecular weight is 384 g/mol. The Kier molecular flexibility index (Phi) is 7.56. The minimum atomic E-state index is -0.970. The third-order valence-electron chi connectivity index (χ3n) is 4.19. The molecule has 0 aliphatic heterocycles. The van der Waals surface area contributed by atoms with Crippen molar-refractivity contribution in [2.24, 2.45) is 5.92 Å². The van der Waals surface area contributed by atoms with E-state index in [9.17, 15) is 14.4 Å². The Labute approximate surface area is 163 Å². The second-order valence-electron chi connectivity index (χ2n) is 6.42. The van der Waals surface area contributed by atoms with Crippen LogP contribution in [0.25, 0.3) is 0 Å². The molecular weight excluding hydrogens is 360 g/mol. The standard InChI is InChI=1S/C21H24N2O5/c1-14(13-15-3-9-18(28-2)10-4-15)20(26)23-17-7-5-16(6-8-17)21(27)22-12-11-19(24)25/h3-10,14H,11-13H2,1-2H3,(H,22,27)(H,23,26)(H,24,25). The first-order valence-corrected chi connectivity index (χ1v) is 8.93. The summed E-state index contributed by atoms with van der Waals surface area (Å²) in [6, 6.07) is 14.0. The number of methoxy groups -OCH3 is 1. The molecule has 28 heavy (non-hydrogen) atoms. The van der Waals surface area contributed by atoms with Crippen LogP contribution in [0.15, 0.2) is 48.5 Å². The highest BCUT2D eigenvalue weighted by molar-refractivity contribution is 5.96. The van der Waals surface area contributed by atoms with Gasteiger partial charge in [-0.25, -0.2) is 0 Å². The maximum atomic E-state index is 12.4. The molecule has 0 bridgehead atoms. The summed E-state index contributed by atoms with van der Waals surface area (Å²) in [4.78, 5) is 34.8. The Bertz CT molecular complexity index is 816. The van der Waals surface area contributed by atoms with Crippen LogP contribution in [0.2, 0.25) is 0 Å². The fourth-order valence-corrected chi connectivity index (χ4v) is 2.56. The summed E-state index contributed by atoms with van der Waals surface area (Å²) in [6.45, 7) is 1.92. The second-order valence-corrected chi connectivity index (χ2v) is 6.42. The van der Waals surface area contributed by atoms with Crippen molar-refractivity contribution in [3.63, 3.8) is 0 Å². The Morgan fingerprint density at radius 2 is 1.68 bits per heavy atom. The number of carboxylic acids is 1. The van der Waals surface area contributed by atoms with Crippen LogP contribution < -0.4 is 15.4 Å². The number of benzene rings is 2. The van der Waals surface area contributed by atoms with Crippen LogP contribution in [0.3, 0.4) is 0 Å². The molecule has 0 aliphatic rings. The number of aliphatic carboxylic acids is 1. The molecule has 148 valence electrons. The monoisotopic (exact) mass is 384 g/mol. The Hall–Kier alpha value is -3.35. The lowest BCUT2D eigenvalue weighted by molar-refractivity contribution is -0.136.